The van der Waals surface area contributed by atoms with Crippen molar-refractivity contribution < 1.29 is 13.2 Å². The van der Waals surface area contributed by atoms with Crippen molar-refractivity contribution in [3.63, 3.8) is 0 Å². The molecule has 28 heavy (non-hydrogen) atoms. The van der Waals surface area contributed by atoms with Crippen molar-refractivity contribution in [3.05, 3.63) is 59.1 Å². The fourth-order valence-corrected chi connectivity index (χ4v) is 4.11. The van der Waals surface area contributed by atoms with Crippen molar-refractivity contribution >= 4 is 33.2 Å². The number of carbonyl (C=O) groups excluding carboxylic acids is 1. The second-order valence-electron chi connectivity index (χ2n) is 6.31. The summed E-state index contributed by atoms with van der Waals surface area (Å²) in [5.41, 5.74) is 1.37. The van der Waals surface area contributed by atoms with E-state index in [-0.39, 0.29) is 17.3 Å². The highest BCUT2D eigenvalue weighted by molar-refractivity contribution is 7.89. The van der Waals surface area contributed by atoms with Crippen molar-refractivity contribution in [2.75, 3.05) is 37.6 Å². The van der Waals surface area contributed by atoms with E-state index < -0.39 is 10.0 Å². The van der Waals surface area contributed by atoms with E-state index in [0.717, 1.165) is 5.69 Å². The Bertz CT molecular complexity index is 995. The van der Waals surface area contributed by atoms with Gasteiger partial charge in [-0.3, -0.25) is 4.79 Å². The van der Waals surface area contributed by atoms with Gasteiger partial charge < -0.3 is 9.80 Å². The van der Waals surface area contributed by atoms with Crippen LogP contribution in [0.4, 0.5) is 5.69 Å². The third-order valence-corrected chi connectivity index (χ3v) is 6.17. The van der Waals surface area contributed by atoms with Crippen LogP contribution < -0.4 is 9.62 Å². The van der Waals surface area contributed by atoms with Crippen molar-refractivity contribution in [3.8, 4) is 6.07 Å². The molecule has 1 heterocycles. The number of sulfonamides is 1. The molecule has 146 valence electrons. The van der Waals surface area contributed by atoms with E-state index in [1.54, 1.807) is 4.90 Å². The van der Waals surface area contributed by atoms with Gasteiger partial charge in [0.2, 0.25) is 15.9 Å². The molecule has 0 spiro atoms. The molecule has 0 atom stereocenters. The first kappa shape index (κ1) is 20.1. The zero-order chi connectivity index (χ0) is 20.1. The van der Waals surface area contributed by atoms with Crippen LogP contribution in [0.2, 0.25) is 5.02 Å². The summed E-state index contributed by atoms with van der Waals surface area (Å²) in [4.78, 5) is 16.2. The number of amides is 1. The molecule has 0 radical (unpaired) electrons. The SMILES string of the molecule is N#Cc1ccc(S(=O)(=O)NCC(=O)N2CCN(c3cccc(Cl)c3)CC2)cc1. The minimum absolute atomic E-state index is 0.0186. The van der Waals surface area contributed by atoms with Gasteiger partial charge in [0.05, 0.1) is 23.1 Å². The molecule has 0 bridgehead atoms. The van der Waals surface area contributed by atoms with E-state index in [9.17, 15) is 13.2 Å². The normalized spacial score (nSPS) is 14.6. The number of benzene rings is 2. The maximum absolute atomic E-state index is 12.4. The third-order valence-electron chi connectivity index (χ3n) is 4.51. The topological polar surface area (TPSA) is 93.5 Å². The molecule has 0 aromatic heterocycles. The number of nitrogens with one attached hydrogen (secondary N) is 1. The highest BCUT2D eigenvalue weighted by Gasteiger charge is 2.23. The predicted molar refractivity (Wildman–Crippen MR) is 107 cm³/mol. The van der Waals surface area contributed by atoms with Crippen LogP contribution in [0.5, 0.6) is 0 Å². The predicted octanol–water partition coefficient (Wildman–Crippen LogP) is 1.84. The van der Waals surface area contributed by atoms with Gasteiger partial charge >= 0.3 is 0 Å². The largest absolute Gasteiger partial charge is 0.368 e. The Labute approximate surface area is 169 Å². The molecule has 1 N–H and O–H groups in total. The average molecular weight is 419 g/mol. The molecule has 7 nitrogen and oxygen atoms in total. The first-order valence-electron chi connectivity index (χ1n) is 8.67. The van der Waals surface area contributed by atoms with Gasteiger partial charge in [-0.1, -0.05) is 17.7 Å². The highest BCUT2D eigenvalue weighted by Crippen LogP contribution is 2.20. The van der Waals surface area contributed by atoms with E-state index in [1.165, 1.54) is 24.3 Å². The van der Waals surface area contributed by atoms with Crippen LogP contribution in [0.3, 0.4) is 0 Å². The second kappa shape index (κ2) is 8.61. The molecule has 0 aliphatic carbocycles. The highest BCUT2D eigenvalue weighted by atomic mass is 35.5. The molecule has 2 aromatic carbocycles. The maximum atomic E-state index is 12.4. The summed E-state index contributed by atoms with van der Waals surface area (Å²) in [5.74, 6) is -0.275. The van der Waals surface area contributed by atoms with Crippen LogP contribution in [-0.2, 0) is 14.8 Å². The van der Waals surface area contributed by atoms with Crippen LogP contribution in [-0.4, -0.2) is 51.9 Å². The number of hydrogen-bond acceptors (Lipinski definition) is 5. The van der Waals surface area contributed by atoms with E-state index in [1.807, 2.05) is 30.3 Å². The summed E-state index contributed by atoms with van der Waals surface area (Å²) >= 11 is 6.02. The summed E-state index contributed by atoms with van der Waals surface area (Å²) in [6.07, 6.45) is 0. The number of hydrogen-bond donors (Lipinski definition) is 1. The minimum Gasteiger partial charge on any atom is -0.368 e. The molecular formula is C19H19ClN4O3S. The average Bonchev–Trinajstić information content (AvgIpc) is 2.72. The van der Waals surface area contributed by atoms with Gasteiger partial charge in [0.25, 0.3) is 0 Å². The quantitative estimate of drug-likeness (QED) is 0.799. The lowest BCUT2D eigenvalue weighted by Gasteiger charge is -2.36. The van der Waals surface area contributed by atoms with E-state index in [0.29, 0.717) is 36.8 Å². The van der Waals surface area contributed by atoms with Crippen LogP contribution in [0.15, 0.2) is 53.4 Å². The number of carbonyl (C=O) groups is 1. The van der Waals surface area contributed by atoms with E-state index in [2.05, 4.69) is 9.62 Å². The smallest absolute Gasteiger partial charge is 0.241 e. The van der Waals surface area contributed by atoms with Gasteiger partial charge in [-0.05, 0) is 42.5 Å². The van der Waals surface area contributed by atoms with Crippen molar-refractivity contribution in [1.29, 1.82) is 5.26 Å². The third kappa shape index (κ3) is 4.81. The molecular weight excluding hydrogens is 400 g/mol. The number of piperazine rings is 1. The van der Waals surface area contributed by atoms with Crippen molar-refractivity contribution in [2.24, 2.45) is 0 Å². The van der Waals surface area contributed by atoms with Crippen LogP contribution >= 0.6 is 11.6 Å². The Hall–Kier alpha value is -2.60. The van der Waals surface area contributed by atoms with Crippen LogP contribution in [0.25, 0.3) is 0 Å². The first-order valence-corrected chi connectivity index (χ1v) is 10.5. The Morgan fingerprint density at radius 1 is 1.11 bits per heavy atom. The lowest BCUT2D eigenvalue weighted by atomic mass is 10.2. The molecule has 0 unspecified atom stereocenters. The number of nitriles is 1. The Balaban J connectivity index is 1.53. The summed E-state index contributed by atoms with van der Waals surface area (Å²) in [5, 5.41) is 9.44. The van der Waals surface area contributed by atoms with E-state index in [4.69, 9.17) is 16.9 Å². The zero-order valence-electron chi connectivity index (χ0n) is 15.0. The second-order valence-corrected chi connectivity index (χ2v) is 8.51. The molecule has 1 amide bonds. The van der Waals surface area contributed by atoms with E-state index >= 15 is 0 Å². The molecule has 1 fully saturated rings. The van der Waals surface area contributed by atoms with Crippen molar-refractivity contribution in [1.82, 2.24) is 9.62 Å². The molecule has 1 aliphatic heterocycles. The van der Waals surface area contributed by atoms with Gasteiger partial charge in [-0.2, -0.15) is 5.26 Å². The van der Waals surface area contributed by atoms with Gasteiger partial charge in [-0.15, -0.1) is 0 Å². The molecule has 1 saturated heterocycles. The zero-order valence-corrected chi connectivity index (χ0v) is 16.6. The lowest BCUT2D eigenvalue weighted by Crippen LogP contribution is -2.51. The standard InChI is InChI=1S/C19H19ClN4O3S/c20-16-2-1-3-17(12-16)23-8-10-24(11-9-23)19(25)14-22-28(26,27)18-6-4-15(13-21)5-7-18/h1-7,12,22H,8-11,14H2. The Kier molecular flexibility index (Phi) is 6.19. The number of halogens is 1. The molecule has 0 saturated carbocycles. The van der Waals surface area contributed by atoms with Crippen molar-refractivity contribution in [2.45, 2.75) is 4.90 Å². The molecule has 1 aliphatic rings. The van der Waals surface area contributed by atoms with Gasteiger partial charge in [0.1, 0.15) is 0 Å². The summed E-state index contributed by atoms with van der Waals surface area (Å²) < 4.78 is 26.9. The lowest BCUT2D eigenvalue weighted by molar-refractivity contribution is -0.130. The van der Waals surface area contributed by atoms with Gasteiger partial charge in [0, 0.05) is 36.9 Å². The van der Waals surface area contributed by atoms with Crippen LogP contribution in [0, 0.1) is 11.3 Å². The monoisotopic (exact) mass is 418 g/mol. The summed E-state index contributed by atoms with van der Waals surface area (Å²) in [6.45, 7) is 2.00. The summed E-state index contributed by atoms with van der Waals surface area (Å²) in [6, 6.07) is 15.0. The Morgan fingerprint density at radius 3 is 2.39 bits per heavy atom. The number of rotatable bonds is 5. The fourth-order valence-electron chi connectivity index (χ4n) is 2.95. The summed E-state index contributed by atoms with van der Waals surface area (Å²) in [7, 11) is -3.81. The van der Waals surface area contributed by atoms with Crippen LogP contribution in [0.1, 0.15) is 5.56 Å². The Morgan fingerprint density at radius 2 is 1.79 bits per heavy atom. The van der Waals surface area contributed by atoms with Gasteiger partial charge in [0.15, 0.2) is 0 Å². The molecule has 3 rings (SSSR count). The number of anilines is 1. The fraction of sp³-hybridized carbons (Fsp3) is 0.263. The molecule has 9 heteroatoms. The minimum atomic E-state index is -3.81. The maximum Gasteiger partial charge on any atom is 0.241 e. The number of nitrogens with zero attached hydrogens (tertiary/aromatic N) is 3. The van der Waals surface area contributed by atoms with Gasteiger partial charge in [-0.25, -0.2) is 13.1 Å². The molecule has 2 aromatic rings. The first-order chi connectivity index (χ1) is 13.4.